The number of rotatable bonds is 4. The van der Waals surface area contributed by atoms with Gasteiger partial charge in [0.2, 0.25) is 0 Å². The summed E-state index contributed by atoms with van der Waals surface area (Å²) in [5.41, 5.74) is 7.73. The number of carbonyl (C=O) groups excluding carboxylic acids is 1. The van der Waals surface area contributed by atoms with Gasteiger partial charge in [-0.2, -0.15) is 5.10 Å². The number of nitrogens with two attached hydrogens (primary N) is 1. The van der Waals surface area contributed by atoms with Gasteiger partial charge >= 0.3 is 0 Å². The molecule has 1 amide bonds. The van der Waals surface area contributed by atoms with Gasteiger partial charge < -0.3 is 11.1 Å². The third-order valence-electron chi connectivity index (χ3n) is 2.44. The third-order valence-corrected chi connectivity index (χ3v) is 2.67. The molecule has 0 fully saturated rings. The Balaban J connectivity index is 1.94. The fourth-order valence-corrected chi connectivity index (χ4v) is 1.58. The van der Waals surface area contributed by atoms with Crippen molar-refractivity contribution in [3.63, 3.8) is 0 Å². The summed E-state index contributed by atoms with van der Waals surface area (Å²) in [4.78, 5) is 12.0. The SMILES string of the molecule is NC(=S)c1ccc(CNC(=O)c2ccn[nH]2)cc1. The molecule has 0 spiro atoms. The fourth-order valence-electron chi connectivity index (χ4n) is 1.45. The van der Waals surface area contributed by atoms with E-state index >= 15 is 0 Å². The van der Waals surface area contributed by atoms with E-state index in [4.69, 9.17) is 18.0 Å². The van der Waals surface area contributed by atoms with Gasteiger partial charge in [-0.25, -0.2) is 0 Å². The number of aromatic amines is 1. The summed E-state index contributed by atoms with van der Waals surface area (Å²) < 4.78 is 0. The van der Waals surface area contributed by atoms with Crippen molar-refractivity contribution >= 4 is 23.1 Å². The van der Waals surface area contributed by atoms with Crippen LogP contribution in [0.1, 0.15) is 21.6 Å². The highest BCUT2D eigenvalue weighted by Crippen LogP contribution is 2.04. The Kier molecular flexibility index (Phi) is 3.69. The molecule has 1 aromatic heterocycles. The van der Waals surface area contributed by atoms with E-state index in [2.05, 4.69) is 15.5 Å². The molecular weight excluding hydrogens is 248 g/mol. The largest absolute Gasteiger partial charge is 0.389 e. The Bertz CT molecular complexity index is 548. The molecule has 0 aliphatic rings. The zero-order valence-corrected chi connectivity index (χ0v) is 10.3. The Morgan fingerprint density at radius 2 is 2.06 bits per heavy atom. The van der Waals surface area contributed by atoms with Crippen LogP contribution in [0.4, 0.5) is 0 Å². The van der Waals surface area contributed by atoms with Crippen LogP contribution in [0.15, 0.2) is 36.5 Å². The number of thiocarbonyl (C=S) groups is 1. The summed E-state index contributed by atoms with van der Waals surface area (Å²) in [6.45, 7) is 0.440. The summed E-state index contributed by atoms with van der Waals surface area (Å²) in [6, 6.07) is 9.04. The van der Waals surface area contributed by atoms with Gasteiger partial charge in [-0.05, 0) is 11.6 Å². The summed E-state index contributed by atoms with van der Waals surface area (Å²) in [7, 11) is 0. The Morgan fingerprint density at radius 1 is 1.33 bits per heavy atom. The zero-order chi connectivity index (χ0) is 13.0. The average Bonchev–Trinajstić information content (AvgIpc) is 2.90. The lowest BCUT2D eigenvalue weighted by molar-refractivity contribution is 0.0946. The van der Waals surface area contributed by atoms with Crippen LogP contribution in [-0.2, 0) is 6.54 Å². The van der Waals surface area contributed by atoms with Crippen LogP contribution < -0.4 is 11.1 Å². The fraction of sp³-hybridized carbons (Fsp3) is 0.0833. The smallest absolute Gasteiger partial charge is 0.269 e. The van der Waals surface area contributed by atoms with Gasteiger partial charge in [0.25, 0.3) is 5.91 Å². The Hall–Kier alpha value is -2.21. The van der Waals surface area contributed by atoms with Crippen LogP contribution in [0.25, 0.3) is 0 Å². The number of hydrogen-bond acceptors (Lipinski definition) is 3. The predicted octanol–water partition coefficient (Wildman–Crippen LogP) is 0.974. The molecule has 0 saturated carbocycles. The zero-order valence-electron chi connectivity index (χ0n) is 9.51. The van der Waals surface area contributed by atoms with Crippen molar-refractivity contribution in [2.45, 2.75) is 6.54 Å². The van der Waals surface area contributed by atoms with Gasteiger partial charge in [-0.3, -0.25) is 9.89 Å². The molecule has 1 aromatic carbocycles. The van der Waals surface area contributed by atoms with Crippen molar-refractivity contribution in [1.29, 1.82) is 0 Å². The number of amides is 1. The molecule has 6 heteroatoms. The number of nitrogens with zero attached hydrogens (tertiary/aromatic N) is 1. The third kappa shape index (κ3) is 2.92. The molecule has 92 valence electrons. The van der Waals surface area contributed by atoms with Crippen LogP contribution >= 0.6 is 12.2 Å². The normalized spacial score (nSPS) is 10.0. The second-order valence-corrected chi connectivity index (χ2v) is 4.15. The molecule has 2 rings (SSSR count). The van der Waals surface area contributed by atoms with Gasteiger partial charge in [0.05, 0.1) is 0 Å². The average molecular weight is 260 g/mol. The first-order chi connectivity index (χ1) is 8.66. The van der Waals surface area contributed by atoms with Gasteiger partial charge in [-0.1, -0.05) is 36.5 Å². The monoisotopic (exact) mass is 260 g/mol. The van der Waals surface area contributed by atoms with Gasteiger partial charge in [-0.15, -0.1) is 0 Å². The van der Waals surface area contributed by atoms with Crippen LogP contribution in [-0.4, -0.2) is 21.1 Å². The van der Waals surface area contributed by atoms with Crippen LogP contribution in [0.2, 0.25) is 0 Å². The lowest BCUT2D eigenvalue weighted by atomic mass is 10.1. The molecule has 0 saturated heterocycles. The number of nitrogens with one attached hydrogen (secondary N) is 2. The quantitative estimate of drug-likeness (QED) is 0.715. The minimum absolute atomic E-state index is 0.189. The predicted molar refractivity (Wildman–Crippen MR) is 72.1 cm³/mol. The second kappa shape index (κ2) is 5.42. The van der Waals surface area contributed by atoms with E-state index in [1.165, 1.54) is 6.20 Å². The molecular formula is C12H12N4OS. The summed E-state index contributed by atoms with van der Waals surface area (Å²) in [6.07, 6.45) is 1.53. The van der Waals surface area contributed by atoms with E-state index in [1.54, 1.807) is 6.07 Å². The maximum atomic E-state index is 11.6. The lowest BCUT2D eigenvalue weighted by Gasteiger charge is -2.05. The number of hydrogen-bond donors (Lipinski definition) is 3. The maximum Gasteiger partial charge on any atom is 0.269 e. The Morgan fingerprint density at radius 3 is 2.61 bits per heavy atom. The van der Waals surface area contributed by atoms with Crippen molar-refractivity contribution in [3.8, 4) is 0 Å². The highest BCUT2D eigenvalue weighted by molar-refractivity contribution is 7.80. The molecule has 2 aromatic rings. The van der Waals surface area contributed by atoms with E-state index in [-0.39, 0.29) is 5.91 Å². The molecule has 0 bridgehead atoms. The van der Waals surface area contributed by atoms with E-state index in [0.29, 0.717) is 17.2 Å². The minimum Gasteiger partial charge on any atom is -0.389 e. The molecule has 0 unspecified atom stereocenters. The van der Waals surface area contributed by atoms with Crippen LogP contribution in [0.3, 0.4) is 0 Å². The van der Waals surface area contributed by atoms with Crippen molar-refractivity contribution in [3.05, 3.63) is 53.3 Å². The molecule has 0 atom stereocenters. The molecule has 5 nitrogen and oxygen atoms in total. The number of aromatic nitrogens is 2. The first kappa shape index (κ1) is 12.3. The number of carbonyl (C=O) groups is 1. The van der Waals surface area contributed by atoms with E-state index in [1.807, 2.05) is 24.3 Å². The molecule has 0 aliphatic heterocycles. The second-order valence-electron chi connectivity index (χ2n) is 3.71. The summed E-state index contributed by atoms with van der Waals surface area (Å²) >= 11 is 4.86. The van der Waals surface area contributed by atoms with Crippen LogP contribution in [0.5, 0.6) is 0 Å². The minimum atomic E-state index is -0.189. The highest BCUT2D eigenvalue weighted by Gasteiger charge is 2.05. The maximum absolute atomic E-state index is 11.6. The van der Waals surface area contributed by atoms with E-state index in [9.17, 15) is 4.79 Å². The van der Waals surface area contributed by atoms with Gasteiger partial charge in [0, 0.05) is 18.3 Å². The van der Waals surface area contributed by atoms with Crippen molar-refractivity contribution in [1.82, 2.24) is 15.5 Å². The molecule has 18 heavy (non-hydrogen) atoms. The number of H-pyrrole nitrogens is 1. The van der Waals surface area contributed by atoms with Gasteiger partial charge in [0.15, 0.2) is 0 Å². The van der Waals surface area contributed by atoms with E-state index in [0.717, 1.165) is 11.1 Å². The summed E-state index contributed by atoms with van der Waals surface area (Å²) in [5.74, 6) is -0.189. The van der Waals surface area contributed by atoms with Gasteiger partial charge in [0.1, 0.15) is 10.7 Å². The molecule has 0 radical (unpaired) electrons. The first-order valence-corrected chi connectivity index (χ1v) is 5.74. The molecule has 0 aliphatic carbocycles. The Labute approximate surface area is 109 Å². The van der Waals surface area contributed by atoms with Crippen molar-refractivity contribution < 1.29 is 4.79 Å². The number of benzene rings is 1. The van der Waals surface area contributed by atoms with Crippen molar-refractivity contribution in [2.75, 3.05) is 0 Å². The molecule has 4 N–H and O–H groups in total. The summed E-state index contributed by atoms with van der Waals surface area (Å²) in [5, 5.41) is 9.09. The standard InChI is InChI=1S/C12H12N4OS/c13-11(18)9-3-1-8(2-4-9)7-14-12(17)10-5-6-15-16-10/h1-6H,7H2,(H2,13,18)(H,14,17)(H,15,16). The highest BCUT2D eigenvalue weighted by atomic mass is 32.1. The lowest BCUT2D eigenvalue weighted by Crippen LogP contribution is -2.23. The topological polar surface area (TPSA) is 83.8 Å². The van der Waals surface area contributed by atoms with Crippen molar-refractivity contribution in [2.24, 2.45) is 5.73 Å². The first-order valence-electron chi connectivity index (χ1n) is 5.33. The van der Waals surface area contributed by atoms with E-state index < -0.39 is 0 Å². The van der Waals surface area contributed by atoms with Crippen LogP contribution in [0, 0.1) is 0 Å². The molecule has 1 heterocycles.